The molecule has 0 aliphatic heterocycles. The Bertz CT molecular complexity index is 754. The van der Waals surface area contributed by atoms with Crippen LogP contribution in [-0.4, -0.2) is 29.9 Å². The molecule has 0 N–H and O–H groups in total. The van der Waals surface area contributed by atoms with Crippen molar-refractivity contribution >= 4 is 11.8 Å². The summed E-state index contributed by atoms with van der Waals surface area (Å²) in [6.07, 6.45) is 5.27. The van der Waals surface area contributed by atoms with Gasteiger partial charge in [-0.2, -0.15) is 0 Å². The van der Waals surface area contributed by atoms with E-state index in [0.717, 1.165) is 35.9 Å². The normalized spacial score (nSPS) is 11.0. The van der Waals surface area contributed by atoms with Gasteiger partial charge in [0.15, 0.2) is 11.0 Å². The molecule has 0 unspecified atom stereocenters. The van der Waals surface area contributed by atoms with Gasteiger partial charge in [0.2, 0.25) is 11.8 Å². The molecule has 0 aromatic carbocycles. The Morgan fingerprint density at radius 3 is 2.52 bits per heavy atom. The van der Waals surface area contributed by atoms with Gasteiger partial charge in [0.1, 0.15) is 0 Å². The first-order valence-electron chi connectivity index (χ1n) is 7.59. The smallest absolute Gasteiger partial charge is 0.226 e. The first-order chi connectivity index (χ1) is 11.3. The van der Waals surface area contributed by atoms with Crippen molar-refractivity contribution in [2.45, 2.75) is 44.1 Å². The molecule has 0 spiro atoms. The molecule has 0 fully saturated rings. The summed E-state index contributed by atoms with van der Waals surface area (Å²) in [6, 6.07) is 3.88. The number of pyridine rings is 1. The van der Waals surface area contributed by atoms with Gasteiger partial charge in [-0.15, -0.1) is 20.4 Å². The van der Waals surface area contributed by atoms with Gasteiger partial charge < -0.3 is 8.98 Å². The summed E-state index contributed by atoms with van der Waals surface area (Å²) in [5, 5.41) is 17.5. The summed E-state index contributed by atoms with van der Waals surface area (Å²) in [5.41, 5.74) is 1.01. The molecular weight excluding hydrogens is 312 g/mol. The number of thioether (sulfide) groups is 1. The molecule has 0 saturated heterocycles. The molecule has 120 valence electrons. The fraction of sp³-hybridized carbons (Fsp3) is 0.400. The average Bonchev–Trinajstić information content (AvgIpc) is 3.21. The summed E-state index contributed by atoms with van der Waals surface area (Å²) in [5.74, 6) is 2.72. The summed E-state index contributed by atoms with van der Waals surface area (Å²) >= 11 is 1.56. The molecule has 7 nitrogen and oxygen atoms in total. The number of nitrogens with zero attached hydrogens (tertiary/aromatic N) is 6. The van der Waals surface area contributed by atoms with Gasteiger partial charge in [0, 0.05) is 30.9 Å². The Balaban J connectivity index is 1.80. The molecule has 23 heavy (non-hydrogen) atoms. The van der Waals surface area contributed by atoms with Crippen molar-refractivity contribution in [2.24, 2.45) is 0 Å². The predicted molar refractivity (Wildman–Crippen MR) is 86.8 cm³/mol. The van der Waals surface area contributed by atoms with Crippen molar-refractivity contribution < 1.29 is 4.42 Å². The zero-order chi connectivity index (χ0) is 16.1. The second-order valence-electron chi connectivity index (χ2n) is 4.93. The largest absolute Gasteiger partial charge is 0.424 e. The quantitative estimate of drug-likeness (QED) is 0.616. The third kappa shape index (κ3) is 3.58. The fourth-order valence-electron chi connectivity index (χ4n) is 2.15. The Morgan fingerprint density at radius 1 is 1.04 bits per heavy atom. The van der Waals surface area contributed by atoms with E-state index in [0.29, 0.717) is 17.5 Å². The third-order valence-electron chi connectivity index (χ3n) is 3.24. The minimum atomic E-state index is 0.588. The standard InChI is InChI=1S/C15H18N6OS/c1-3-9-21-14(11-5-7-16-8-6-11)19-20-15(21)23-10-13-18-17-12(4-2)22-13/h5-8H,3-4,9-10H2,1-2H3. The zero-order valence-electron chi connectivity index (χ0n) is 13.1. The van der Waals surface area contributed by atoms with E-state index in [9.17, 15) is 0 Å². The lowest BCUT2D eigenvalue weighted by atomic mass is 10.2. The summed E-state index contributed by atoms with van der Waals surface area (Å²) in [4.78, 5) is 4.05. The summed E-state index contributed by atoms with van der Waals surface area (Å²) in [6.45, 7) is 4.98. The number of rotatable bonds is 7. The minimum Gasteiger partial charge on any atom is -0.424 e. The van der Waals surface area contributed by atoms with Gasteiger partial charge in [-0.05, 0) is 18.6 Å². The molecule has 0 radical (unpaired) electrons. The fourth-order valence-corrected chi connectivity index (χ4v) is 2.95. The maximum absolute atomic E-state index is 5.54. The minimum absolute atomic E-state index is 0.588. The highest BCUT2D eigenvalue weighted by Crippen LogP contribution is 2.26. The predicted octanol–water partition coefficient (Wildman–Crippen LogP) is 2.99. The van der Waals surface area contributed by atoms with Crippen LogP contribution in [0.3, 0.4) is 0 Å². The van der Waals surface area contributed by atoms with E-state index in [-0.39, 0.29) is 0 Å². The molecule has 3 heterocycles. The molecule has 0 amide bonds. The van der Waals surface area contributed by atoms with Crippen molar-refractivity contribution in [1.82, 2.24) is 29.9 Å². The highest BCUT2D eigenvalue weighted by Gasteiger charge is 2.15. The lowest BCUT2D eigenvalue weighted by molar-refractivity contribution is 0.469. The maximum Gasteiger partial charge on any atom is 0.226 e. The van der Waals surface area contributed by atoms with Crippen LogP contribution in [0.1, 0.15) is 32.0 Å². The maximum atomic E-state index is 5.54. The average molecular weight is 330 g/mol. The molecule has 0 atom stereocenters. The van der Waals surface area contributed by atoms with E-state index in [1.165, 1.54) is 0 Å². The second kappa shape index (κ2) is 7.36. The van der Waals surface area contributed by atoms with Crippen LogP contribution in [-0.2, 0) is 18.7 Å². The van der Waals surface area contributed by atoms with Crippen molar-refractivity contribution in [1.29, 1.82) is 0 Å². The first kappa shape index (κ1) is 15.7. The monoisotopic (exact) mass is 330 g/mol. The number of aryl methyl sites for hydroxylation is 1. The van der Waals surface area contributed by atoms with Gasteiger partial charge >= 0.3 is 0 Å². The van der Waals surface area contributed by atoms with Crippen LogP contribution >= 0.6 is 11.8 Å². The van der Waals surface area contributed by atoms with Crippen LogP contribution < -0.4 is 0 Å². The van der Waals surface area contributed by atoms with E-state index in [1.54, 1.807) is 24.2 Å². The van der Waals surface area contributed by atoms with Gasteiger partial charge in [0.25, 0.3) is 0 Å². The van der Waals surface area contributed by atoms with Gasteiger partial charge in [-0.25, -0.2) is 0 Å². The Labute approximate surface area is 138 Å². The SMILES string of the molecule is CCCn1c(SCc2nnc(CC)o2)nnc1-c1ccncc1. The third-order valence-corrected chi connectivity index (χ3v) is 4.19. The van der Waals surface area contributed by atoms with E-state index in [1.807, 2.05) is 19.1 Å². The van der Waals surface area contributed by atoms with Gasteiger partial charge in [-0.3, -0.25) is 4.98 Å². The molecule has 8 heteroatoms. The second-order valence-corrected chi connectivity index (χ2v) is 5.87. The van der Waals surface area contributed by atoms with Crippen molar-refractivity contribution in [2.75, 3.05) is 0 Å². The number of aromatic nitrogens is 6. The topological polar surface area (TPSA) is 82.5 Å². The van der Waals surface area contributed by atoms with Crippen molar-refractivity contribution in [3.63, 3.8) is 0 Å². The lowest BCUT2D eigenvalue weighted by Gasteiger charge is -2.07. The van der Waals surface area contributed by atoms with E-state index in [4.69, 9.17) is 4.42 Å². The Morgan fingerprint density at radius 2 is 1.83 bits per heavy atom. The molecule has 3 aromatic rings. The van der Waals surface area contributed by atoms with Crippen LogP contribution in [0, 0.1) is 0 Å². The van der Waals surface area contributed by atoms with E-state index in [2.05, 4.69) is 36.9 Å². The summed E-state index contributed by atoms with van der Waals surface area (Å²) in [7, 11) is 0. The first-order valence-corrected chi connectivity index (χ1v) is 8.58. The summed E-state index contributed by atoms with van der Waals surface area (Å²) < 4.78 is 7.66. The molecule has 3 aromatic heterocycles. The lowest BCUT2D eigenvalue weighted by Crippen LogP contribution is -2.02. The Hall–Kier alpha value is -2.22. The number of hydrogen-bond donors (Lipinski definition) is 0. The zero-order valence-corrected chi connectivity index (χ0v) is 14.0. The van der Waals surface area contributed by atoms with E-state index >= 15 is 0 Å². The van der Waals surface area contributed by atoms with Crippen LogP contribution in [0.4, 0.5) is 0 Å². The van der Waals surface area contributed by atoms with Crippen molar-refractivity contribution in [3.05, 3.63) is 36.3 Å². The highest BCUT2D eigenvalue weighted by molar-refractivity contribution is 7.98. The van der Waals surface area contributed by atoms with Crippen LogP contribution in [0.15, 0.2) is 34.1 Å². The van der Waals surface area contributed by atoms with Crippen LogP contribution in [0.5, 0.6) is 0 Å². The van der Waals surface area contributed by atoms with Gasteiger partial charge in [-0.1, -0.05) is 25.6 Å². The molecule has 0 bridgehead atoms. The van der Waals surface area contributed by atoms with Gasteiger partial charge in [0.05, 0.1) is 5.75 Å². The molecule has 0 saturated carbocycles. The van der Waals surface area contributed by atoms with Crippen molar-refractivity contribution in [3.8, 4) is 11.4 Å². The molecule has 0 aliphatic carbocycles. The number of hydrogen-bond acceptors (Lipinski definition) is 7. The van der Waals surface area contributed by atoms with Crippen LogP contribution in [0.2, 0.25) is 0 Å². The Kier molecular flexibility index (Phi) is 5.02. The highest BCUT2D eigenvalue weighted by atomic mass is 32.2. The van der Waals surface area contributed by atoms with E-state index < -0.39 is 0 Å². The molecule has 0 aliphatic rings. The molecule has 3 rings (SSSR count). The molecular formula is C15H18N6OS. The van der Waals surface area contributed by atoms with Crippen LogP contribution in [0.25, 0.3) is 11.4 Å².